The van der Waals surface area contributed by atoms with Crippen molar-refractivity contribution in [2.24, 2.45) is 0 Å². The molecule has 5 aromatic rings. The number of nitrogens with zero attached hydrogens (tertiary/aromatic N) is 2. The van der Waals surface area contributed by atoms with Crippen LogP contribution in [0, 0.1) is 0 Å². The van der Waals surface area contributed by atoms with Crippen LogP contribution in [0.5, 0.6) is 5.75 Å². The number of hydrogen-bond donors (Lipinski definition) is 2. The van der Waals surface area contributed by atoms with E-state index in [2.05, 4.69) is 4.98 Å². The molecular formula is C28H25N3O4S. The first-order valence-corrected chi connectivity index (χ1v) is 12.9. The highest BCUT2D eigenvalue weighted by Gasteiger charge is 2.25. The van der Waals surface area contributed by atoms with Crippen molar-refractivity contribution in [1.82, 2.24) is 13.9 Å². The molecule has 1 saturated carbocycles. The summed E-state index contributed by atoms with van der Waals surface area (Å²) in [5.74, 6) is 0.576. The number of H-pyrrole nitrogens is 1. The molecule has 0 atom stereocenters. The molecule has 0 saturated heterocycles. The Morgan fingerprint density at radius 1 is 0.972 bits per heavy atom. The fourth-order valence-electron chi connectivity index (χ4n) is 4.90. The highest BCUT2D eigenvalue weighted by Crippen LogP contribution is 2.35. The van der Waals surface area contributed by atoms with Crippen molar-refractivity contribution in [3.8, 4) is 17.0 Å². The summed E-state index contributed by atoms with van der Waals surface area (Å²) in [4.78, 5) is 34.1. The SMILES string of the molecule is O=c1[nH]c2cccc(OCc3ccccc3)c2nc1-c1cccc2c(=O)n(C3CCC(O)CC3)sc12. The Bertz CT molecular complexity index is 1660. The third-order valence-electron chi connectivity index (χ3n) is 6.81. The van der Waals surface area contributed by atoms with Crippen molar-refractivity contribution in [3.63, 3.8) is 0 Å². The second-order valence-corrected chi connectivity index (χ2v) is 10.2. The van der Waals surface area contributed by atoms with Crippen LogP contribution in [0.25, 0.3) is 32.4 Å². The zero-order valence-electron chi connectivity index (χ0n) is 19.5. The minimum Gasteiger partial charge on any atom is -0.487 e. The summed E-state index contributed by atoms with van der Waals surface area (Å²) in [6.45, 7) is 0.381. The summed E-state index contributed by atoms with van der Waals surface area (Å²) in [5.41, 5.74) is 2.71. The van der Waals surface area contributed by atoms with Gasteiger partial charge in [-0.25, -0.2) is 4.98 Å². The molecular weight excluding hydrogens is 474 g/mol. The predicted octanol–water partition coefficient (Wildman–Crippen LogP) is 5.02. The first kappa shape index (κ1) is 22.7. The molecule has 0 spiro atoms. The number of para-hydroxylation sites is 1. The van der Waals surface area contributed by atoms with Crippen molar-refractivity contribution in [2.45, 2.75) is 44.4 Å². The first-order valence-electron chi connectivity index (χ1n) is 12.1. The van der Waals surface area contributed by atoms with Crippen molar-refractivity contribution in [1.29, 1.82) is 0 Å². The monoisotopic (exact) mass is 499 g/mol. The van der Waals surface area contributed by atoms with Gasteiger partial charge in [-0.3, -0.25) is 13.5 Å². The number of hydrogen-bond acceptors (Lipinski definition) is 6. The van der Waals surface area contributed by atoms with Gasteiger partial charge in [0, 0.05) is 11.6 Å². The number of aromatic amines is 1. The van der Waals surface area contributed by atoms with E-state index in [9.17, 15) is 14.7 Å². The molecule has 3 aromatic carbocycles. The number of benzene rings is 3. The quantitative estimate of drug-likeness (QED) is 0.354. The van der Waals surface area contributed by atoms with Gasteiger partial charge in [0.1, 0.15) is 23.6 Å². The van der Waals surface area contributed by atoms with Crippen LogP contribution in [0.1, 0.15) is 37.3 Å². The third kappa shape index (κ3) is 4.12. The zero-order chi connectivity index (χ0) is 24.6. The Morgan fingerprint density at radius 2 is 1.75 bits per heavy atom. The molecule has 0 radical (unpaired) electrons. The normalized spacial score (nSPS) is 18.0. The van der Waals surface area contributed by atoms with E-state index in [1.165, 1.54) is 11.5 Å². The van der Waals surface area contributed by atoms with E-state index in [-0.39, 0.29) is 29.0 Å². The Kier molecular flexibility index (Phi) is 5.91. The lowest BCUT2D eigenvalue weighted by molar-refractivity contribution is 0.112. The Morgan fingerprint density at radius 3 is 2.56 bits per heavy atom. The van der Waals surface area contributed by atoms with Crippen LogP contribution in [0.3, 0.4) is 0 Å². The van der Waals surface area contributed by atoms with Crippen molar-refractivity contribution >= 4 is 32.7 Å². The summed E-state index contributed by atoms with van der Waals surface area (Å²) in [7, 11) is 0. The smallest absolute Gasteiger partial charge is 0.275 e. The molecule has 2 aromatic heterocycles. The van der Waals surface area contributed by atoms with E-state index >= 15 is 0 Å². The van der Waals surface area contributed by atoms with Crippen molar-refractivity contribution in [3.05, 3.63) is 93.0 Å². The summed E-state index contributed by atoms with van der Waals surface area (Å²) >= 11 is 1.38. The number of rotatable bonds is 5. The maximum Gasteiger partial charge on any atom is 0.275 e. The molecule has 0 bridgehead atoms. The van der Waals surface area contributed by atoms with Crippen molar-refractivity contribution < 1.29 is 9.84 Å². The van der Waals surface area contributed by atoms with E-state index in [0.29, 0.717) is 47.2 Å². The predicted molar refractivity (Wildman–Crippen MR) is 142 cm³/mol. The Labute approximate surface area is 210 Å². The lowest BCUT2D eigenvalue weighted by Crippen LogP contribution is -2.25. The van der Waals surface area contributed by atoms with E-state index in [1.807, 2.05) is 52.5 Å². The van der Waals surface area contributed by atoms with Crippen LogP contribution < -0.4 is 15.9 Å². The lowest BCUT2D eigenvalue weighted by Gasteiger charge is -2.25. The van der Waals surface area contributed by atoms with E-state index < -0.39 is 0 Å². The van der Waals surface area contributed by atoms with Crippen LogP contribution in [0.4, 0.5) is 0 Å². The van der Waals surface area contributed by atoms with Crippen LogP contribution in [-0.4, -0.2) is 25.1 Å². The van der Waals surface area contributed by atoms with Gasteiger partial charge in [0.25, 0.3) is 11.1 Å². The van der Waals surface area contributed by atoms with Gasteiger partial charge in [0.05, 0.1) is 21.7 Å². The molecule has 6 rings (SSSR count). The highest BCUT2D eigenvalue weighted by atomic mass is 32.1. The molecule has 7 nitrogen and oxygen atoms in total. The summed E-state index contributed by atoms with van der Waals surface area (Å²) in [5, 5.41) is 10.5. The van der Waals surface area contributed by atoms with Gasteiger partial charge >= 0.3 is 0 Å². The van der Waals surface area contributed by atoms with Gasteiger partial charge in [-0.15, -0.1) is 0 Å². The second kappa shape index (κ2) is 9.37. The van der Waals surface area contributed by atoms with E-state index in [0.717, 1.165) is 23.1 Å². The van der Waals surface area contributed by atoms with Crippen molar-refractivity contribution in [2.75, 3.05) is 0 Å². The fraction of sp³-hybridized carbons (Fsp3) is 0.250. The molecule has 0 amide bonds. The molecule has 2 heterocycles. The summed E-state index contributed by atoms with van der Waals surface area (Å²) in [6.07, 6.45) is 2.62. The lowest BCUT2D eigenvalue weighted by atomic mass is 9.93. The number of ether oxygens (including phenoxy) is 1. The van der Waals surface area contributed by atoms with Gasteiger partial charge in [0.2, 0.25) is 0 Å². The standard InChI is InChI=1S/C28H25N3O4S/c32-19-14-12-18(13-15-19)31-28(34)21-9-4-8-20(26(21)36-31)24-27(33)29-22-10-5-11-23(25(22)30-24)35-16-17-6-2-1-3-7-17/h1-11,18-19,32H,12-16H2,(H,29,33). The Hall–Kier alpha value is -3.75. The maximum absolute atomic E-state index is 13.2. The zero-order valence-corrected chi connectivity index (χ0v) is 20.3. The largest absolute Gasteiger partial charge is 0.487 e. The van der Waals surface area contributed by atoms with Crippen LogP contribution >= 0.6 is 11.5 Å². The molecule has 182 valence electrons. The number of aliphatic hydroxyl groups excluding tert-OH is 1. The van der Waals surface area contributed by atoms with Gasteiger partial charge < -0.3 is 14.8 Å². The second-order valence-electron chi connectivity index (χ2n) is 9.21. The topological polar surface area (TPSA) is 97.2 Å². The van der Waals surface area contributed by atoms with Crippen LogP contribution in [0.15, 0.2) is 76.3 Å². The average molecular weight is 500 g/mol. The number of nitrogens with one attached hydrogen (secondary N) is 1. The molecule has 2 N–H and O–H groups in total. The van der Waals surface area contributed by atoms with Gasteiger partial charge in [-0.1, -0.05) is 60.1 Å². The molecule has 8 heteroatoms. The highest BCUT2D eigenvalue weighted by molar-refractivity contribution is 7.14. The Balaban J connectivity index is 1.44. The van der Waals surface area contributed by atoms with E-state index in [1.54, 1.807) is 18.2 Å². The summed E-state index contributed by atoms with van der Waals surface area (Å²) < 4.78 is 8.63. The molecule has 0 unspecified atom stereocenters. The minimum atomic E-state index is -0.316. The molecule has 1 aliphatic rings. The molecule has 1 aliphatic carbocycles. The average Bonchev–Trinajstić information content (AvgIpc) is 3.24. The van der Waals surface area contributed by atoms with Gasteiger partial charge in [0.15, 0.2) is 0 Å². The minimum absolute atomic E-state index is 0.0534. The van der Waals surface area contributed by atoms with Gasteiger partial charge in [-0.2, -0.15) is 0 Å². The number of aromatic nitrogens is 3. The maximum atomic E-state index is 13.2. The number of fused-ring (bicyclic) bond motifs is 2. The summed E-state index contributed by atoms with van der Waals surface area (Å²) in [6, 6.07) is 20.8. The molecule has 0 aliphatic heterocycles. The molecule has 1 fully saturated rings. The number of aliphatic hydroxyl groups is 1. The fourth-order valence-corrected chi connectivity index (χ4v) is 6.15. The third-order valence-corrected chi connectivity index (χ3v) is 8.09. The van der Waals surface area contributed by atoms with Crippen LogP contribution in [0.2, 0.25) is 0 Å². The van der Waals surface area contributed by atoms with E-state index in [4.69, 9.17) is 9.72 Å². The van der Waals surface area contributed by atoms with Gasteiger partial charge in [-0.05, 0) is 49.4 Å². The first-order chi connectivity index (χ1) is 17.6. The molecule has 36 heavy (non-hydrogen) atoms. The van der Waals surface area contributed by atoms with Crippen LogP contribution in [-0.2, 0) is 6.61 Å².